The van der Waals surface area contributed by atoms with E-state index in [0.29, 0.717) is 11.9 Å². The average Bonchev–Trinajstić information content (AvgIpc) is 3.38. The van der Waals surface area contributed by atoms with Crippen molar-refractivity contribution >= 4 is 38.3 Å². The third-order valence-corrected chi connectivity index (χ3v) is 6.48. The van der Waals surface area contributed by atoms with Gasteiger partial charge >= 0.3 is 0 Å². The van der Waals surface area contributed by atoms with E-state index in [0.717, 1.165) is 51.4 Å². The Morgan fingerprint density at radius 1 is 1.30 bits per heavy atom. The number of aryl methyl sites for hydroxylation is 1. The van der Waals surface area contributed by atoms with Gasteiger partial charge in [0.15, 0.2) is 0 Å². The Labute approximate surface area is 161 Å². The molecule has 0 radical (unpaired) electrons. The van der Waals surface area contributed by atoms with Gasteiger partial charge in [-0.05, 0) is 43.0 Å². The quantitative estimate of drug-likeness (QED) is 0.567. The summed E-state index contributed by atoms with van der Waals surface area (Å²) in [6, 6.07) is 6.88. The molecule has 1 aromatic carbocycles. The van der Waals surface area contributed by atoms with Crippen LogP contribution in [0.5, 0.6) is 5.75 Å². The number of ether oxygens (including phenoxy) is 1. The summed E-state index contributed by atoms with van der Waals surface area (Å²) in [4.78, 5) is 9.97. The molecule has 27 heavy (non-hydrogen) atoms. The van der Waals surface area contributed by atoms with Crippen molar-refractivity contribution in [1.29, 1.82) is 0 Å². The molecule has 1 unspecified atom stereocenters. The van der Waals surface area contributed by atoms with Gasteiger partial charge in [-0.1, -0.05) is 6.07 Å². The first-order valence-corrected chi connectivity index (χ1v) is 9.87. The molecule has 6 nitrogen and oxygen atoms in total. The number of methoxy groups -OCH3 is 1. The second kappa shape index (κ2) is 6.21. The smallest absolute Gasteiger partial charge is 0.146 e. The lowest BCUT2D eigenvalue weighted by Crippen LogP contribution is -2.13. The normalized spacial score (nSPS) is 17.2. The van der Waals surface area contributed by atoms with Crippen LogP contribution in [0.4, 0.5) is 5.82 Å². The third-order valence-electron chi connectivity index (χ3n) is 5.28. The number of nitrogens with two attached hydrogens (primary N) is 1. The van der Waals surface area contributed by atoms with Gasteiger partial charge in [0, 0.05) is 29.2 Å². The van der Waals surface area contributed by atoms with E-state index in [-0.39, 0.29) is 0 Å². The van der Waals surface area contributed by atoms with E-state index in [4.69, 9.17) is 10.5 Å². The van der Waals surface area contributed by atoms with Crippen molar-refractivity contribution < 1.29 is 4.74 Å². The van der Waals surface area contributed by atoms with E-state index in [1.807, 2.05) is 0 Å². The van der Waals surface area contributed by atoms with Gasteiger partial charge < -0.3 is 20.4 Å². The molecule has 5 rings (SSSR count). The Balaban J connectivity index is 1.76. The highest BCUT2D eigenvalue weighted by atomic mass is 32.1. The topological polar surface area (TPSA) is 78.0 Å². The first-order valence-electron chi connectivity index (χ1n) is 9.06. The highest BCUT2D eigenvalue weighted by Gasteiger charge is 2.23. The molecule has 7 heteroatoms. The number of fused-ring (bicyclic) bond motifs is 2. The Hall–Kier alpha value is -2.64. The van der Waals surface area contributed by atoms with E-state index < -0.39 is 0 Å². The summed E-state index contributed by atoms with van der Waals surface area (Å²) in [7, 11) is 1.72. The Kier molecular flexibility index (Phi) is 3.80. The monoisotopic (exact) mass is 379 g/mol. The van der Waals surface area contributed by atoms with E-state index in [9.17, 15) is 0 Å². The second-order valence-electron chi connectivity index (χ2n) is 7.05. The van der Waals surface area contributed by atoms with Gasteiger partial charge in [0.25, 0.3) is 0 Å². The van der Waals surface area contributed by atoms with Crippen LogP contribution in [0, 0.1) is 6.92 Å². The summed E-state index contributed by atoms with van der Waals surface area (Å²) in [5.74, 6) is 1.44. The summed E-state index contributed by atoms with van der Waals surface area (Å²) in [6.07, 6.45) is 4.83. The number of hydrogen-bond donors (Lipinski definition) is 2. The summed E-state index contributed by atoms with van der Waals surface area (Å²) in [5, 5.41) is 5.56. The van der Waals surface area contributed by atoms with Crippen LogP contribution in [-0.2, 0) is 0 Å². The van der Waals surface area contributed by atoms with Gasteiger partial charge in [0.05, 0.1) is 17.2 Å². The van der Waals surface area contributed by atoms with Gasteiger partial charge in [-0.15, -0.1) is 11.3 Å². The first-order chi connectivity index (χ1) is 13.2. The van der Waals surface area contributed by atoms with Gasteiger partial charge in [-0.3, -0.25) is 0 Å². The molecule has 1 aliphatic heterocycles. The highest BCUT2D eigenvalue weighted by Crippen LogP contribution is 2.43. The van der Waals surface area contributed by atoms with E-state index in [1.54, 1.807) is 24.8 Å². The van der Waals surface area contributed by atoms with Crippen LogP contribution >= 0.6 is 11.3 Å². The maximum atomic E-state index is 6.28. The molecular formula is C20H21N5OS. The van der Waals surface area contributed by atoms with Crippen molar-refractivity contribution in [1.82, 2.24) is 19.9 Å². The number of anilines is 1. The van der Waals surface area contributed by atoms with Crippen LogP contribution in [0.1, 0.15) is 18.0 Å². The standard InChI is InChI=1S/C20H21N5OS/c1-11-5-12-7-16(27-18(12)15(6-11)26-2)14-9-25(13-3-4-22-8-13)20-17(14)19(21)23-10-24-20/h5-7,9-10,13,22H,3-4,8H2,1-2H3,(H2,21,23,24). The fraction of sp³-hybridized carbons (Fsp3) is 0.300. The Morgan fingerprint density at radius 2 is 2.19 bits per heavy atom. The summed E-state index contributed by atoms with van der Waals surface area (Å²) in [5.41, 5.74) is 9.47. The van der Waals surface area contributed by atoms with E-state index in [2.05, 4.69) is 51.2 Å². The predicted molar refractivity (Wildman–Crippen MR) is 111 cm³/mol. The van der Waals surface area contributed by atoms with Crippen LogP contribution in [0.25, 0.3) is 31.6 Å². The van der Waals surface area contributed by atoms with Gasteiger partial charge in [0.1, 0.15) is 23.5 Å². The van der Waals surface area contributed by atoms with Crippen molar-refractivity contribution in [2.45, 2.75) is 19.4 Å². The number of hydrogen-bond acceptors (Lipinski definition) is 6. The molecule has 0 spiro atoms. The second-order valence-corrected chi connectivity index (χ2v) is 8.10. The van der Waals surface area contributed by atoms with Crippen molar-refractivity contribution in [3.05, 3.63) is 36.3 Å². The number of benzene rings is 1. The molecule has 1 atom stereocenters. The minimum absolute atomic E-state index is 0.390. The average molecular weight is 379 g/mol. The number of aromatic nitrogens is 3. The zero-order chi connectivity index (χ0) is 18.5. The maximum absolute atomic E-state index is 6.28. The zero-order valence-electron chi connectivity index (χ0n) is 15.3. The number of thiophene rings is 1. The van der Waals surface area contributed by atoms with Crippen LogP contribution in [0.15, 0.2) is 30.7 Å². The summed E-state index contributed by atoms with van der Waals surface area (Å²) < 4.78 is 9.01. The van der Waals surface area contributed by atoms with E-state index in [1.165, 1.54) is 10.9 Å². The molecule has 1 fully saturated rings. The molecule has 0 amide bonds. The molecule has 3 aromatic heterocycles. The van der Waals surface area contributed by atoms with E-state index >= 15 is 0 Å². The minimum atomic E-state index is 0.390. The van der Waals surface area contributed by atoms with Crippen molar-refractivity contribution in [2.24, 2.45) is 0 Å². The lowest BCUT2D eigenvalue weighted by molar-refractivity contribution is 0.420. The lowest BCUT2D eigenvalue weighted by atomic mass is 10.1. The number of nitrogens with zero attached hydrogens (tertiary/aromatic N) is 3. The molecule has 1 aliphatic rings. The molecule has 0 saturated carbocycles. The first kappa shape index (κ1) is 16.5. The van der Waals surface area contributed by atoms with Crippen LogP contribution in [0.2, 0.25) is 0 Å². The molecule has 1 saturated heterocycles. The maximum Gasteiger partial charge on any atom is 0.146 e. The number of nitrogens with one attached hydrogen (secondary N) is 1. The minimum Gasteiger partial charge on any atom is -0.495 e. The molecule has 0 aliphatic carbocycles. The van der Waals surface area contributed by atoms with Crippen LogP contribution < -0.4 is 15.8 Å². The van der Waals surface area contributed by atoms with Crippen molar-refractivity contribution in [3.63, 3.8) is 0 Å². The van der Waals surface area contributed by atoms with Crippen LogP contribution in [-0.4, -0.2) is 34.7 Å². The molecule has 4 aromatic rings. The molecule has 0 bridgehead atoms. The summed E-state index contributed by atoms with van der Waals surface area (Å²) >= 11 is 1.72. The third kappa shape index (κ3) is 2.57. The SMILES string of the molecule is COc1cc(C)cc2cc(-c3cn(C4CCNC4)c4ncnc(N)c34)sc12. The predicted octanol–water partition coefficient (Wildman–Crippen LogP) is 3.75. The fourth-order valence-corrected chi connectivity index (χ4v) is 5.15. The van der Waals surface area contributed by atoms with Gasteiger partial charge in [-0.2, -0.15) is 0 Å². The molecule has 138 valence electrons. The highest BCUT2D eigenvalue weighted by molar-refractivity contribution is 7.22. The Morgan fingerprint density at radius 3 is 2.96 bits per heavy atom. The zero-order valence-corrected chi connectivity index (χ0v) is 16.1. The Bertz CT molecular complexity index is 1160. The van der Waals surface area contributed by atoms with Crippen molar-refractivity contribution in [3.8, 4) is 16.2 Å². The van der Waals surface area contributed by atoms with Crippen LogP contribution in [0.3, 0.4) is 0 Å². The number of nitrogen functional groups attached to an aromatic ring is 1. The largest absolute Gasteiger partial charge is 0.495 e. The molecule has 4 heterocycles. The van der Waals surface area contributed by atoms with Gasteiger partial charge in [-0.25, -0.2) is 9.97 Å². The molecule has 3 N–H and O–H groups in total. The van der Waals surface area contributed by atoms with Crippen molar-refractivity contribution in [2.75, 3.05) is 25.9 Å². The number of rotatable bonds is 3. The molecular weight excluding hydrogens is 358 g/mol. The van der Waals surface area contributed by atoms with Gasteiger partial charge in [0.2, 0.25) is 0 Å². The lowest BCUT2D eigenvalue weighted by Gasteiger charge is -2.11. The fourth-order valence-electron chi connectivity index (χ4n) is 4.00. The summed E-state index contributed by atoms with van der Waals surface area (Å²) in [6.45, 7) is 4.07.